The van der Waals surface area contributed by atoms with Crippen LogP contribution < -0.4 is 11.1 Å². The molecule has 1 aromatic carbocycles. The van der Waals surface area contributed by atoms with Crippen LogP contribution in [0.25, 0.3) is 0 Å². The molecule has 2 aromatic rings. The van der Waals surface area contributed by atoms with E-state index in [4.69, 9.17) is 5.73 Å². The SMILES string of the molecule is Nc1ccc(C2(C(=O)Nc3nccs3)CC2)cc1. The fourth-order valence-corrected chi connectivity index (χ4v) is 2.60. The molecule has 0 bridgehead atoms. The van der Waals surface area contributed by atoms with Crippen molar-refractivity contribution in [3.8, 4) is 0 Å². The lowest BCUT2D eigenvalue weighted by molar-refractivity contribution is -0.118. The molecule has 1 heterocycles. The molecule has 1 saturated carbocycles. The second-order valence-electron chi connectivity index (χ2n) is 4.50. The van der Waals surface area contributed by atoms with Gasteiger partial charge in [-0.3, -0.25) is 4.79 Å². The zero-order chi connectivity index (χ0) is 12.6. The van der Waals surface area contributed by atoms with E-state index in [-0.39, 0.29) is 11.3 Å². The molecule has 18 heavy (non-hydrogen) atoms. The van der Waals surface area contributed by atoms with Crippen LogP contribution >= 0.6 is 11.3 Å². The quantitative estimate of drug-likeness (QED) is 0.832. The van der Waals surface area contributed by atoms with E-state index >= 15 is 0 Å². The summed E-state index contributed by atoms with van der Waals surface area (Å²) in [6, 6.07) is 7.55. The molecule has 1 aliphatic rings. The van der Waals surface area contributed by atoms with Gasteiger partial charge >= 0.3 is 0 Å². The molecule has 3 N–H and O–H groups in total. The number of benzene rings is 1. The van der Waals surface area contributed by atoms with Crippen molar-refractivity contribution in [2.75, 3.05) is 11.1 Å². The smallest absolute Gasteiger partial charge is 0.236 e. The molecule has 5 heteroatoms. The summed E-state index contributed by atoms with van der Waals surface area (Å²) in [5.74, 6) is 0.0298. The van der Waals surface area contributed by atoms with Gasteiger partial charge in [0.1, 0.15) is 0 Å². The Bertz CT molecular complexity index is 558. The first-order valence-corrected chi connectivity index (χ1v) is 6.66. The molecule has 4 nitrogen and oxygen atoms in total. The third kappa shape index (κ3) is 1.86. The first-order chi connectivity index (χ1) is 8.71. The minimum Gasteiger partial charge on any atom is -0.399 e. The van der Waals surface area contributed by atoms with Crippen LogP contribution in [0.2, 0.25) is 0 Å². The van der Waals surface area contributed by atoms with E-state index in [2.05, 4.69) is 10.3 Å². The molecule has 0 atom stereocenters. The Morgan fingerprint density at radius 3 is 2.61 bits per heavy atom. The molecule has 0 saturated heterocycles. The fourth-order valence-electron chi connectivity index (χ4n) is 2.08. The van der Waals surface area contributed by atoms with Crippen LogP contribution in [0.3, 0.4) is 0 Å². The number of anilines is 2. The first kappa shape index (κ1) is 11.2. The number of hydrogen-bond donors (Lipinski definition) is 2. The summed E-state index contributed by atoms with van der Waals surface area (Å²) < 4.78 is 0. The Morgan fingerprint density at radius 2 is 2.06 bits per heavy atom. The van der Waals surface area contributed by atoms with Gasteiger partial charge in [-0.25, -0.2) is 4.98 Å². The summed E-state index contributed by atoms with van der Waals surface area (Å²) in [7, 11) is 0. The Balaban J connectivity index is 1.82. The van der Waals surface area contributed by atoms with Crippen LogP contribution in [0.4, 0.5) is 10.8 Å². The number of carbonyl (C=O) groups is 1. The average molecular weight is 259 g/mol. The normalized spacial score (nSPS) is 16.2. The van der Waals surface area contributed by atoms with Crippen molar-refractivity contribution in [2.24, 2.45) is 0 Å². The van der Waals surface area contributed by atoms with E-state index in [1.807, 2.05) is 29.6 Å². The van der Waals surface area contributed by atoms with Gasteiger partial charge in [0.2, 0.25) is 5.91 Å². The van der Waals surface area contributed by atoms with Crippen molar-refractivity contribution in [1.82, 2.24) is 4.98 Å². The lowest BCUT2D eigenvalue weighted by Crippen LogP contribution is -2.27. The van der Waals surface area contributed by atoms with E-state index in [1.165, 1.54) is 11.3 Å². The summed E-state index contributed by atoms with van der Waals surface area (Å²) >= 11 is 1.43. The Kier molecular flexibility index (Phi) is 2.56. The number of amides is 1. The summed E-state index contributed by atoms with van der Waals surface area (Å²) in [6.07, 6.45) is 3.45. The highest BCUT2D eigenvalue weighted by molar-refractivity contribution is 7.13. The largest absolute Gasteiger partial charge is 0.399 e. The third-order valence-corrected chi connectivity index (χ3v) is 3.99. The molecule has 1 fully saturated rings. The van der Waals surface area contributed by atoms with Gasteiger partial charge in [0.25, 0.3) is 0 Å². The monoisotopic (exact) mass is 259 g/mol. The minimum atomic E-state index is -0.376. The highest BCUT2D eigenvalue weighted by atomic mass is 32.1. The number of nitrogens with one attached hydrogen (secondary N) is 1. The van der Waals surface area contributed by atoms with Crippen LogP contribution in [0, 0.1) is 0 Å². The van der Waals surface area contributed by atoms with E-state index in [0.717, 1.165) is 24.1 Å². The molecular weight excluding hydrogens is 246 g/mol. The number of rotatable bonds is 3. The second kappa shape index (κ2) is 4.10. The molecule has 0 radical (unpaired) electrons. The van der Waals surface area contributed by atoms with Gasteiger partial charge in [-0.15, -0.1) is 11.3 Å². The molecule has 0 unspecified atom stereocenters. The zero-order valence-electron chi connectivity index (χ0n) is 9.72. The first-order valence-electron chi connectivity index (χ1n) is 5.78. The Hall–Kier alpha value is -1.88. The molecule has 0 aliphatic heterocycles. The van der Waals surface area contributed by atoms with Gasteiger partial charge in [0.15, 0.2) is 5.13 Å². The number of nitrogens with two attached hydrogens (primary N) is 1. The molecule has 0 spiro atoms. The maximum Gasteiger partial charge on any atom is 0.236 e. The molecule has 92 valence electrons. The van der Waals surface area contributed by atoms with Crippen LogP contribution in [0.5, 0.6) is 0 Å². The van der Waals surface area contributed by atoms with Crippen LogP contribution in [0.15, 0.2) is 35.8 Å². The number of nitrogen functional groups attached to an aromatic ring is 1. The fraction of sp³-hybridized carbons (Fsp3) is 0.231. The van der Waals surface area contributed by atoms with Crippen molar-refractivity contribution in [3.05, 3.63) is 41.4 Å². The predicted molar refractivity (Wildman–Crippen MR) is 72.5 cm³/mol. The maximum atomic E-state index is 12.3. The number of thiazole rings is 1. The van der Waals surface area contributed by atoms with Gasteiger partial charge < -0.3 is 11.1 Å². The minimum absolute atomic E-state index is 0.0298. The van der Waals surface area contributed by atoms with Gasteiger partial charge in [0.05, 0.1) is 5.41 Å². The molecule has 1 aliphatic carbocycles. The van der Waals surface area contributed by atoms with Crippen molar-refractivity contribution in [1.29, 1.82) is 0 Å². The van der Waals surface area contributed by atoms with Crippen LogP contribution in [-0.2, 0) is 10.2 Å². The lowest BCUT2D eigenvalue weighted by atomic mass is 9.95. The molecule has 1 amide bonds. The topological polar surface area (TPSA) is 68.0 Å². The lowest BCUT2D eigenvalue weighted by Gasteiger charge is -2.14. The second-order valence-corrected chi connectivity index (χ2v) is 5.39. The number of hydrogen-bond acceptors (Lipinski definition) is 4. The highest BCUT2D eigenvalue weighted by Crippen LogP contribution is 2.49. The van der Waals surface area contributed by atoms with E-state index in [0.29, 0.717) is 5.13 Å². The van der Waals surface area contributed by atoms with E-state index < -0.39 is 0 Å². The van der Waals surface area contributed by atoms with Gasteiger partial charge in [0, 0.05) is 17.3 Å². The average Bonchev–Trinajstić information content (AvgIpc) is 3.03. The Labute approximate surface area is 109 Å². The zero-order valence-corrected chi connectivity index (χ0v) is 10.5. The molecule has 1 aromatic heterocycles. The summed E-state index contributed by atoms with van der Waals surface area (Å²) in [4.78, 5) is 16.4. The number of nitrogens with zero attached hydrogens (tertiary/aromatic N) is 1. The van der Waals surface area contributed by atoms with Crippen LogP contribution in [-0.4, -0.2) is 10.9 Å². The summed E-state index contributed by atoms with van der Waals surface area (Å²) in [5.41, 5.74) is 7.04. The van der Waals surface area contributed by atoms with Gasteiger partial charge in [-0.2, -0.15) is 0 Å². The van der Waals surface area contributed by atoms with Gasteiger partial charge in [-0.05, 0) is 30.5 Å². The number of carbonyl (C=O) groups excluding carboxylic acids is 1. The van der Waals surface area contributed by atoms with Crippen molar-refractivity contribution in [3.63, 3.8) is 0 Å². The maximum absolute atomic E-state index is 12.3. The van der Waals surface area contributed by atoms with Crippen LogP contribution in [0.1, 0.15) is 18.4 Å². The third-order valence-electron chi connectivity index (χ3n) is 3.30. The van der Waals surface area contributed by atoms with Crippen molar-refractivity contribution in [2.45, 2.75) is 18.3 Å². The van der Waals surface area contributed by atoms with E-state index in [1.54, 1.807) is 6.20 Å². The predicted octanol–water partition coefficient (Wildman–Crippen LogP) is 2.40. The standard InChI is InChI=1S/C13H13N3OS/c14-10-3-1-9(2-4-10)13(5-6-13)11(17)16-12-15-7-8-18-12/h1-4,7-8H,5-6,14H2,(H,15,16,17). The Morgan fingerprint density at radius 1 is 1.33 bits per heavy atom. The number of aromatic nitrogens is 1. The highest BCUT2D eigenvalue weighted by Gasteiger charge is 2.51. The van der Waals surface area contributed by atoms with Gasteiger partial charge in [-0.1, -0.05) is 12.1 Å². The summed E-state index contributed by atoms with van der Waals surface area (Å²) in [6.45, 7) is 0. The summed E-state index contributed by atoms with van der Waals surface area (Å²) in [5, 5.41) is 5.38. The van der Waals surface area contributed by atoms with Crippen molar-refractivity contribution < 1.29 is 4.79 Å². The van der Waals surface area contributed by atoms with Crippen molar-refractivity contribution >= 4 is 28.1 Å². The molecule has 3 rings (SSSR count). The van der Waals surface area contributed by atoms with E-state index in [9.17, 15) is 4.79 Å². The molecular formula is C13H13N3OS.